The van der Waals surface area contributed by atoms with Crippen molar-refractivity contribution in [3.05, 3.63) is 30.1 Å². The van der Waals surface area contributed by atoms with Crippen molar-refractivity contribution in [3.63, 3.8) is 0 Å². The van der Waals surface area contributed by atoms with Crippen LogP contribution in [0.25, 0.3) is 0 Å². The minimum Gasteiger partial charge on any atom is -1.00 e. The number of rotatable bonds is 3. The normalized spacial score (nSPS) is 14.2. The number of aromatic nitrogens is 1. The summed E-state index contributed by atoms with van der Waals surface area (Å²) < 4.78 is 0. The molecular weight excluding hydrogens is 207 g/mol. The fraction of sp³-hybridized carbons (Fsp3) is 0.444. The summed E-state index contributed by atoms with van der Waals surface area (Å²) in [6.07, 6.45) is 6.80. The molecule has 74 valence electrons. The minimum atomic E-state index is 0. The Balaban J connectivity index is 0.000000720. The number of hydrogen-bond acceptors (Lipinski definition) is 0. The van der Waals surface area contributed by atoms with Crippen LogP contribution in [-0.2, 0) is 6.54 Å². The number of nitrogens with two attached hydrogens (primary N) is 1. The standard InChI is InChI=1S/C9H12N2.2ClH/c1-2-9(1)11-7-8-3-5-10-6-4-8;;/h3-6,9,11H,1-2,7H2;2*1H. The third-order valence-electron chi connectivity index (χ3n) is 2.10. The van der Waals surface area contributed by atoms with Gasteiger partial charge in [0, 0.05) is 30.5 Å². The largest absolute Gasteiger partial charge is 1.00 e. The molecule has 13 heavy (non-hydrogen) atoms. The van der Waals surface area contributed by atoms with Crippen LogP contribution in [0.3, 0.4) is 0 Å². The second-order valence-electron chi connectivity index (χ2n) is 3.19. The Hall–Kier alpha value is -0.310. The molecule has 0 aromatic carbocycles. The lowest BCUT2D eigenvalue weighted by Gasteiger charge is -1.96. The van der Waals surface area contributed by atoms with Crippen molar-refractivity contribution in [2.24, 2.45) is 0 Å². The molecular formula is C9H14Cl2N2. The molecule has 1 aromatic heterocycles. The van der Waals surface area contributed by atoms with Crippen LogP contribution in [0.1, 0.15) is 18.4 Å². The van der Waals surface area contributed by atoms with E-state index in [-0.39, 0.29) is 24.8 Å². The number of quaternary nitrogens is 1. The quantitative estimate of drug-likeness (QED) is 0.526. The summed E-state index contributed by atoms with van der Waals surface area (Å²) in [5.74, 6) is 0. The summed E-state index contributed by atoms with van der Waals surface area (Å²) in [6.45, 7) is 1.14. The fourth-order valence-electron chi connectivity index (χ4n) is 1.19. The van der Waals surface area contributed by atoms with Crippen LogP contribution >= 0.6 is 0 Å². The predicted molar refractivity (Wildman–Crippen MR) is 41.6 cm³/mol. The van der Waals surface area contributed by atoms with Gasteiger partial charge in [0.05, 0.1) is 6.04 Å². The molecule has 1 fully saturated rings. The van der Waals surface area contributed by atoms with Crippen molar-refractivity contribution in [2.75, 3.05) is 0 Å². The topological polar surface area (TPSA) is 30.8 Å². The molecule has 0 unspecified atom stereocenters. The lowest BCUT2D eigenvalue weighted by atomic mass is 10.3. The minimum absolute atomic E-state index is 0. The number of aromatic amines is 1. The molecule has 1 aliphatic rings. The van der Waals surface area contributed by atoms with E-state index < -0.39 is 0 Å². The molecule has 4 heteroatoms. The monoisotopic (exact) mass is 220 g/mol. The molecule has 3 N–H and O–H groups in total. The Bertz CT molecular complexity index is 224. The summed E-state index contributed by atoms with van der Waals surface area (Å²) in [5, 5.41) is 2.43. The van der Waals surface area contributed by atoms with Crippen molar-refractivity contribution in [2.45, 2.75) is 25.4 Å². The lowest BCUT2D eigenvalue weighted by molar-refractivity contribution is -0.684. The zero-order valence-corrected chi connectivity index (χ0v) is 8.85. The van der Waals surface area contributed by atoms with E-state index in [0.717, 1.165) is 12.6 Å². The SMILES string of the molecule is [Cl-].[Cl-].c1cc(C[NH2+]C2CC2)cc[nH+]1. The fourth-order valence-corrected chi connectivity index (χ4v) is 1.19. The Morgan fingerprint density at radius 2 is 1.85 bits per heavy atom. The second-order valence-corrected chi connectivity index (χ2v) is 3.19. The van der Waals surface area contributed by atoms with Gasteiger partial charge in [-0.15, -0.1) is 0 Å². The Kier molecular flexibility index (Phi) is 6.04. The molecule has 0 radical (unpaired) electrons. The van der Waals surface area contributed by atoms with Crippen LogP contribution in [-0.4, -0.2) is 6.04 Å². The first kappa shape index (κ1) is 12.7. The summed E-state index contributed by atoms with van der Waals surface area (Å²) >= 11 is 0. The maximum Gasteiger partial charge on any atom is 0.167 e. The highest BCUT2D eigenvalue weighted by atomic mass is 35.5. The summed E-state index contributed by atoms with van der Waals surface area (Å²) in [4.78, 5) is 3.02. The maximum atomic E-state index is 3.02. The Labute approximate surface area is 91.0 Å². The van der Waals surface area contributed by atoms with Gasteiger partial charge < -0.3 is 30.1 Å². The van der Waals surface area contributed by atoms with Crippen molar-refractivity contribution >= 4 is 0 Å². The molecule has 1 aliphatic carbocycles. The van der Waals surface area contributed by atoms with Gasteiger partial charge >= 0.3 is 0 Å². The maximum absolute atomic E-state index is 3.02. The zero-order valence-electron chi connectivity index (χ0n) is 7.34. The van der Waals surface area contributed by atoms with E-state index in [1.807, 2.05) is 12.4 Å². The van der Waals surface area contributed by atoms with Crippen molar-refractivity contribution in [3.8, 4) is 0 Å². The zero-order chi connectivity index (χ0) is 7.52. The van der Waals surface area contributed by atoms with Gasteiger partial charge in [0.2, 0.25) is 0 Å². The molecule has 0 spiro atoms. The van der Waals surface area contributed by atoms with Gasteiger partial charge in [0.15, 0.2) is 12.4 Å². The van der Waals surface area contributed by atoms with Gasteiger partial charge in [-0.2, -0.15) is 0 Å². The first-order valence-electron chi connectivity index (χ1n) is 4.23. The van der Waals surface area contributed by atoms with E-state index in [1.165, 1.54) is 18.4 Å². The molecule has 2 rings (SSSR count). The third kappa shape index (κ3) is 4.46. The summed E-state index contributed by atoms with van der Waals surface area (Å²) in [7, 11) is 0. The van der Waals surface area contributed by atoms with Gasteiger partial charge in [-0.3, -0.25) is 0 Å². The smallest absolute Gasteiger partial charge is 0.167 e. The molecule has 0 aliphatic heterocycles. The van der Waals surface area contributed by atoms with Crippen molar-refractivity contribution in [1.29, 1.82) is 0 Å². The van der Waals surface area contributed by atoms with Crippen LogP contribution < -0.4 is 35.1 Å². The van der Waals surface area contributed by atoms with Crippen molar-refractivity contribution in [1.82, 2.24) is 0 Å². The second kappa shape index (κ2) is 6.19. The third-order valence-corrected chi connectivity index (χ3v) is 2.10. The van der Waals surface area contributed by atoms with E-state index >= 15 is 0 Å². The van der Waals surface area contributed by atoms with Gasteiger partial charge in [0.1, 0.15) is 6.54 Å². The summed E-state index contributed by atoms with van der Waals surface area (Å²) in [5.41, 5.74) is 1.41. The van der Waals surface area contributed by atoms with Gasteiger partial charge in [0.25, 0.3) is 0 Å². The lowest BCUT2D eigenvalue weighted by Crippen LogP contribution is -3.00. The number of hydrogen-bond donors (Lipinski definition) is 1. The number of H-pyrrole nitrogens is 1. The highest BCUT2D eigenvalue weighted by Crippen LogP contribution is 2.13. The van der Waals surface area contributed by atoms with E-state index in [4.69, 9.17) is 0 Å². The molecule has 1 heterocycles. The van der Waals surface area contributed by atoms with E-state index in [0.29, 0.717) is 0 Å². The van der Waals surface area contributed by atoms with Gasteiger partial charge in [-0.05, 0) is 0 Å². The Morgan fingerprint density at radius 1 is 1.23 bits per heavy atom. The number of pyridine rings is 1. The highest BCUT2D eigenvalue weighted by molar-refractivity contribution is 5.04. The average molecular weight is 221 g/mol. The van der Waals surface area contributed by atoms with Crippen LogP contribution in [0, 0.1) is 0 Å². The number of nitrogens with one attached hydrogen (secondary N) is 1. The molecule has 1 aromatic rings. The van der Waals surface area contributed by atoms with Crippen LogP contribution in [0.5, 0.6) is 0 Å². The van der Waals surface area contributed by atoms with E-state index in [1.54, 1.807) is 0 Å². The summed E-state index contributed by atoms with van der Waals surface area (Å²) in [6, 6.07) is 5.21. The molecule has 0 atom stereocenters. The number of halogens is 2. The van der Waals surface area contributed by atoms with Crippen LogP contribution in [0.4, 0.5) is 0 Å². The van der Waals surface area contributed by atoms with Crippen molar-refractivity contribution < 1.29 is 35.1 Å². The molecule has 2 nitrogen and oxygen atoms in total. The van der Waals surface area contributed by atoms with Gasteiger partial charge in [-0.25, -0.2) is 4.98 Å². The molecule has 0 bridgehead atoms. The van der Waals surface area contributed by atoms with Crippen LogP contribution in [0.15, 0.2) is 24.5 Å². The molecule has 1 saturated carbocycles. The predicted octanol–water partition coefficient (Wildman–Crippen LogP) is -6.27. The highest BCUT2D eigenvalue weighted by Gasteiger charge is 2.24. The Morgan fingerprint density at radius 3 is 2.38 bits per heavy atom. The average Bonchev–Trinajstić information content (AvgIpc) is 2.86. The van der Waals surface area contributed by atoms with Gasteiger partial charge in [-0.1, -0.05) is 0 Å². The van der Waals surface area contributed by atoms with E-state index in [2.05, 4.69) is 22.4 Å². The molecule has 0 saturated heterocycles. The van der Waals surface area contributed by atoms with Crippen LogP contribution in [0.2, 0.25) is 0 Å². The first-order valence-corrected chi connectivity index (χ1v) is 4.23. The molecule has 0 amide bonds. The first-order chi connectivity index (χ1) is 5.45. The van der Waals surface area contributed by atoms with E-state index in [9.17, 15) is 0 Å².